The Hall–Kier alpha value is -4.11. The second-order valence-electron chi connectivity index (χ2n) is 7.59. The maximum Gasteiger partial charge on any atom is 0.334 e. The number of rotatable bonds is 12. The van der Waals surface area contributed by atoms with Crippen molar-refractivity contribution in [2.75, 3.05) is 11.3 Å². The first-order valence-corrected chi connectivity index (χ1v) is 11.6. The van der Waals surface area contributed by atoms with Gasteiger partial charge < -0.3 is 27.1 Å². The standard InChI is InChI=1S/C20H25N7O7S/c1-13(29)20(7-8-25-18(21)22,19(23,11-28)17(31)32)27-12-24-9-15(16(27)30)26-35(33,34)10-14-5-3-2-4-6-14/h2-6,9,11-12,26H,7-8,10,23H2,1H3,(H,31,32)(H4,21,22,25)/t19-,20?/m1/s1. The minimum Gasteiger partial charge on any atom is -0.479 e. The molecule has 0 fully saturated rings. The van der Waals surface area contributed by atoms with Crippen molar-refractivity contribution in [3.05, 3.63) is 58.8 Å². The number of nitrogens with zero attached hydrogens (tertiary/aromatic N) is 3. The number of carbonyl (C=O) groups is 3. The molecule has 35 heavy (non-hydrogen) atoms. The maximum atomic E-state index is 13.3. The molecule has 0 amide bonds. The van der Waals surface area contributed by atoms with Crippen LogP contribution in [-0.2, 0) is 35.7 Å². The number of nitrogens with two attached hydrogens (primary N) is 3. The number of carboxylic acid groups (broad SMARTS) is 1. The second-order valence-corrected chi connectivity index (χ2v) is 9.32. The Labute approximate surface area is 199 Å². The van der Waals surface area contributed by atoms with Crippen molar-refractivity contribution in [3.8, 4) is 0 Å². The number of nitrogens with one attached hydrogen (secondary N) is 1. The molecule has 1 heterocycles. The largest absolute Gasteiger partial charge is 0.479 e. The average molecular weight is 508 g/mol. The summed E-state index contributed by atoms with van der Waals surface area (Å²) in [6, 6.07) is 8.08. The third kappa shape index (κ3) is 5.52. The van der Waals surface area contributed by atoms with E-state index in [0.717, 1.165) is 19.4 Å². The van der Waals surface area contributed by atoms with Crippen molar-refractivity contribution in [3.63, 3.8) is 0 Å². The number of guanidine groups is 1. The molecule has 0 aliphatic rings. The van der Waals surface area contributed by atoms with Gasteiger partial charge in [0.1, 0.15) is 11.2 Å². The Kier molecular flexibility index (Phi) is 8.09. The number of aliphatic carboxylic acids is 1. The lowest BCUT2D eigenvalue weighted by atomic mass is 9.72. The van der Waals surface area contributed by atoms with E-state index in [0.29, 0.717) is 10.1 Å². The molecule has 1 unspecified atom stereocenters. The lowest BCUT2D eigenvalue weighted by Gasteiger charge is -2.41. The number of anilines is 1. The molecule has 0 radical (unpaired) electrons. The number of sulfonamides is 1. The predicted molar refractivity (Wildman–Crippen MR) is 126 cm³/mol. The van der Waals surface area contributed by atoms with Gasteiger partial charge in [0.15, 0.2) is 18.0 Å². The summed E-state index contributed by atoms with van der Waals surface area (Å²) in [6.07, 6.45) is 0.860. The van der Waals surface area contributed by atoms with Gasteiger partial charge in [0.05, 0.1) is 18.3 Å². The van der Waals surface area contributed by atoms with Crippen LogP contribution in [0, 0.1) is 0 Å². The van der Waals surface area contributed by atoms with Crippen LogP contribution in [0.2, 0.25) is 0 Å². The molecule has 1 aromatic heterocycles. The highest BCUT2D eigenvalue weighted by Gasteiger charge is 2.60. The van der Waals surface area contributed by atoms with Crippen LogP contribution in [0.3, 0.4) is 0 Å². The van der Waals surface area contributed by atoms with Gasteiger partial charge in [0, 0.05) is 13.0 Å². The third-order valence-electron chi connectivity index (χ3n) is 5.29. The summed E-state index contributed by atoms with van der Waals surface area (Å²) in [4.78, 5) is 57.7. The van der Waals surface area contributed by atoms with E-state index in [4.69, 9.17) is 17.2 Å². The van der Waals surface area contributed by atoms with Gasteiger partial charge in [0.2, 0.25) is 15.6 Å². The monoisotopic (exact) mass is 507 g/mol. The fraction of sp³-hybridized carbons (Fsp3) is 0.300. The Morgan fingerprint density at radius 1 is 1.26 bits per heavy atom. The topological polar surface area (TPSA) is 243 Å². The van der Waals surface area contributed by atoms with E-state index >= 15 is 0 Å². The Bertz CT molecular complexity index is 1310. The number of benzene rings is 1. The van der Waals surface area contributed by atoms with Crippen LogP contribution in [0.4, 0.5) is 5.69 Å². The molecule has 0 bridgehead atoms. The van der Waals surface area contributed by atoms with Gasteiger partial charge in [-0.1, -0.05) is 30.3 Å². The molecule has 188 valence electrons. The van der Waals surface area contributed by atoms with E-state index < -0.39 is 68.8 Å². The lowest BCUT2D eigenvalue weighted by Crippen LogP contribution is -2.72. The van der Waals surface area contributed by atoms with Crippen molar-refractivity contribution >= 4 is 39.7 Å². The highest BCUT2D eigenvalue weighted by molar-refractivity contribution is 7.91. The second kappa shape index (κ2) is 10.4. The number of hydrogen-bond donors (Lipinski definition) is 5. The first kappa shape index (κ1) is 27.1. The Morgan fingerprint density at radius 3 is 2.40 bits per heavy atom. The summed E-state index contributed by atoms with van der Waals surface area (Å²) in [5.74, 6) is -3.82. The van der Waals surface area contributed by atoms with Gasteiger partial charge in [0.25, 0.3) is 5.56 Å². The van der Waals surface area contributed by atoms with Gasteiger partial charge >= 0.3 is 5.97 Å². The molecule has 0 aliphatic carbocycles. The molecule has 2 aromatic rings. The Morgan fingerprint density at radius 2 is 1.89 bits per heavy atom. The molecular weight excluding hydrogens is 482 g/mol. The normalized spacial score (nSPS) is 14.7. The molecule has 0 aliphatic heterocycles. The average Bonchev–Trinajstić information content (AvgIpc) is 2.77. The zero-order valence-electron chi connectivity index (χ0n) is 18.6. The van der Waals surface area contributed by atoms with Crippen LogP contribution in [0.25, 0.3) is 0 Å². The van der Waals surface area contributed by atoms with E-state index in [1.54, 1.807) is 30.3 Å². The number of hydrogen-bond acceptors (Lipinski definition) is 9. The molecule has 0 spiro atoms. The van der Waals surface area contributed by atoms with E-state index in [9.17, 15) is 32.7 Å². The number of ketones is 1. The molecule has 14 nitrogen and oxygen atoms in total. The van der Waals surface area contributed by atoms with Crippen molar-refractivity contribution in [2.24, 2.45) is 22.2 Å². The lowest BCUT2D eigenvalue weighted by molar-refractivity contribution is -0.155. The molecule has 0 saturated carbocycles. The van der Waals surface area contributed by atoms with Crippen LogP contribution < -0.4 is 27.5 Å². The summed E-state index contributed by atoms with van der Waals surface area (Å²) in [5, 5.41) is 9.76. The van der Waals surface area contributed by atoms with Gasteiger partial charge in [-0.2, -0.15) is 0 Å². The summed E-state index contributed by atoms with van der Waals surface area (Å²) in [6.45, 7) is 0.515. The molecule has 2 atom stereocenters. The third-order valence-corrected chi connectivity index (χ3v) is 6.53. The zero-order chi connectivity index (χ0) is 26.4. The summed E-state index contributed by atoms with van der Waals surface area (Å²) >= 11 is 0. The number of carboxylic acids is 1. The first-order chi connectivity index (χ1) is 16.3. The molecular formula is C20H25N7O7S. The van der Waals surface area contributed by atoms with Crippen LogP contribution in [0.15, 0.2) is 52.6 Å². The minimum absolute atomic E-state index is 0.190. The molecule has 1 aromatic carbocycles. The van der Waals surface area contributed by atoms with Crippen molar-refractivity contribution < 1.29 is 27.9 Å². The Balaban J connectivity index is 2.69. The summed E-state index contributed by atoms with van der Waals surface area (Å²) < 4.78 is 27.9. The minimum atomic E-state index is -4.14. The van der Waals surface area contributed by atoms with Gasteiger partial charge in [-0.05, 0) is 12.5 Å². The van der Waals surface area contributed by atoms with Crippen molar-refractivity contribution in [1.82, 2.24) is 9.55 Å². The predicted octanol–water partition coefficient (Wildman–Crippen LogP) is -1.89. The van der Waals surface area contributed by atoms with E-state index in [-0.39, 0.29) is 6.29 Å². The molecule has 0 saturated heterocycles. The number of aliphatic imine (C=N–C) groups is 1. The van der Waals surface area contributed by atoms with E-state index in [2.05, 4.69) is 14.7 Å². The fourth-order valence-corrected chi connectivity index (χ4v) is 4.76. The highest BCUT2D eigenvalue weighted by atomic mass is 32.2. The SMILES string of the molecule is CC(=O)C(CCN=C(N)N)(n1cncc(NS(=O)(=O)Cc2ccccc2)c1=O)[C@@](N)(C=O)C(=O)O. The fourth-order valence-electron chi connectivity index (χ4n) is 3.59. The van der Waals surface area contributed by atoms with Crippen LogP contribution in [0.5, 0.6) is 0 Å². The van der Waals surface area contributed by atoms with Crippen LogP contribution >= 0.6 is 0 Å². The smallest absolute Gasteiger partial charge is 0.334 e. The first-order valence-electron chi connectivity index (χ1n) is 9.97. The molecule has 15 heteroatoms. The van der Waals surface area contributed by atoms with E-state index in [1.807, 2.05) is 0 Å². The summed E-state index contributed by atoms with van der Waals surface area (Å²) in [5.41, 5.74) is 9.59. The summed E-state index contributed by atoms with van der Waals surface area (Å²) in [7, 11) is -4.14. The van der Waals surface area contributed by atoms with Gasteiger partial charge in [-0.15, -0.1) is 0 Å². The maximum absolute atomic E-state index is 13.3. The quantitative estimate of drug-likeness (QED) is 0.0920. The molecule has 8 N–H and O–H groups in total. The van der Waals surface area contributed by atoms with Crippen LogP contribution in [0.1, 0.15) is 18.9 Å². The number of Topliss-reactive ketones (excluding diaryl/α,β-unsaturated/α-hetero) is 1. The van der Waals surface area contributed by atoms with Gasteiger partial charge in [-0.3, -0.25) is 23.9 Å². The van der Waals surface area contributed by atoms with Crippen LogP contribution in [-0.4, -0.2) is 59.2 Å². The number of aldehydes is 1. The zero-order valence-corrected chi connectivity index (χ0v) is 19.4. The van der Waals surface area contributed by atoms with E-state index in [1.165, 1.54) is 0 Å². The highest BCUT2D eigenvalue weighted by Crippen LogP contribution is 2.32. The van der Waals surface area contributed by atoms with Crippen molar-refractivity contribution in [1.29, 1.82) is 0 Å². The number of aromatic nitrogens is 2. The van der Waals surface area contributed by atoms with Gasteiger partial charge in [-0.25, -0.2) is 18.2 Å². The van der Waals surface area contributed by atoms with Crippen molar-refractivity contribution in [2.45, 2.75) is 30.2 Å². The number of carbonyl (C=O) groups excluding carboxylic acids is 2. The molecule has 2 rings (SSSR count).